The van der Waals surface area contributed by atoms with E-state index in [1.165, 1.54) is 17.8 Å². The number of amides is 1. The summed E-state index contributed by atoms with van der Waals surface area (Å²) in [6, 6.07) is 27.0. The molecule has 0 saturated carbocycles. The molecular weight excluding hydrogens is 625 g/mol. The number of hydrogen-bond acceptors (Lipinski definition) is 8. The number of imidazole rings is 1. The maximum Gasteiger partial charge on any atom is 0.338 e. The quantitative estimate of drug-likeness (QED) is 0.100. The highest BCUT2D eigenvalue weighted by Gasteiger charge is 2.45. The van der Waals surface area contributed by atoms with E-state index in [1.54, 1.807) is 30.3 Å². The summed E-state index contributed by atoms with van der Waals surface area (Å²) in [7, 11) is -4.53. The van der Waals surface area contributed by atoms with Gasteiger partial charge in [0.2, 0.25) is 11.9 Å². The van der Waals surface area contributed by atoms with Crippen molar-refractivity contribution in [3.8, 4) is 0 Å². The van der Waals surface area contributed by atoms with Gasteiger partial charge >= 0.3 is 13.6 Å². The number of aromatic nitrogens is 4. The molecule has 1 amide bonds. The number of H-pyrrole nitrogens is 1. The number of carbonyl (C=O) groups excluding carboxylic acids is 2. The average Bonchev–Trinajstić information content (AvgIpc) is 3.44. The van der Waals surface area contributed by atoms with Crippen LogP contribution in [0, 0.1) is 0 Å². The highest BCUT2D eigenvalue weighted by Crippen LogP contribution is 2.39. The molecule has 2 heterocycles. The lowest BCUT2D eigenvalue weighted by molar-refractivity contribution is -0.133. The van der Waals surface area contributed by atoms with Gasteiger partial charge in [-0.25, -0.2) is 9.78 Å². The average molecular weight is 660 g/mol. The van der Waals surface area contributed by atoms with E-state index in [-0.39, 0.29) is 43.1 Å². The van der Waals surface area contributed by atoms with Crippen molar-refractivity contribution < 1.29 is 33.4 Å². The van der Waals surface area contributed by atoms with Crippen molar-refractivity contribution in [2.45, 2.75) is 44.6 Å². The molecule has 0 bridgehead atoms. The van der Waals surface area contributed by atoms with E-state index in [4.69, 9.17) is 9.47 Å². The fraction of sp³-hybridized carbons (Fsp3) is 0.242. The second-order valence-electron chi connectivity index (χ2n) is 11.1. The fourth-order valence-corrected chi connectivity index (χ4v) is 5.93. The van der Waals surface area contributed by atoms with E-state index in [1.807, 2.05) is 60.7 Å². The van der Waals surface area contributed by atoms with Gasteiger partial charge < -0.3 is 19.3 Å². The van der Waals surface area contributed by atoms with Gasteiger partial charge in [-0.15, -0.1) is 0 Å². The molecule has 4 N–H and O–H groups in total. The molecule has 244 valence electrons. The Morgan fingerprint density at radius 3 is 2.09 bits per heavy atom. The second-order valence-corrected chi connectivity index (χ2v) is 12.9. The Balaban J connectivity index is 1.61. The number of hydrogen-bond donors (Lipinski definition) is 4. The maximum absolute atomic E-state index is 13.8. The molecule has 5 aromatic rings. The zero-order valence-corrected chi connectivity index (χ0v) is 26.4. The van der Waals surface area contributed by atoms with Crippen LogP contribution in [0.4, 0.5) is 5.95 Å². The highest BCUT2D eigenvalue weighted by molar-refractivity contribution is 7.51. The molecule has 0 aliphatic heterocycles. The van der Waals surface area contributed by atoms with Crippen LogP contribution in [0.2, 0.25) is 0 Å². The van der Waals surface area contributed by atoms with E-state index in [0.717, 1.165) is 11.1 Å². The van der Waals surface area contributed by atoms with E-state index >= 15 is 0 Å². The van der Waals surface area contributed by atoms with Crippen molar-refractivity contribution in [3.63, 3.8) is 0 Å². The first-order valence-corrected chi connectivity index (χ1v) is 16.6. The number of esters is 1. The minimum Gasteiger partial charge on any atom is -0.452 e. The summed E-state index contributed by atoms with van der Waals surface area (Å²) in [6.45, 7) is 0.985. The zero-order valence-electron chi connectivity index (χ0n) is 25.5. The van der Waals surface area contributed by atoms with Crippen molar-refractivity contribution in [1.29, 1.82) is 0 Å². The molecule has 0 unspecified atom stereocenters. The minimum absolute atomic E-state index is 0.00944. The van der Waals surface area contributed by atoms with Crippen LogP contribution in [0.25, 0.3) is 11.2 Å². The van der Waals surface area contributed by atoms with Gasteiger partial charge in [-0.3, -0.25) is 29.0 Å². The van der Waals surface area contributed by atoms with Crippen LogP contribution in [-0.2, 0) is 38.4 Å². The third kappa shape index (κ3) is 8.87. The highest BCUT2D eigenvalue weighted by atomic mass is 31.2. The molecule has 0 radical (unpaired) electrons. The minimum atomic E-state index is -4.53. The molecule has 13 nitrogen and oxygen atoms in total. The van der Waals surface area contributed by atoms with Gasteiger partial charge in [0.25, 0.3) is 5.56 Å². The van der Waals surface area contributed by atoms with Crippen LogP contribution in [0.3, 0.4) is 0 Å². The van der Waals surface area contributed by atoms with Gasteiger partial charge in [0.15, 0.2) is 11.2 Å². The lowest BCUT2D eigenvalue weighted by Gasteiger charge is -2.40. The maximum atomic E-state index is 13.8. The van der Waals surface area contributed by atoms with E-state index in [9.17, 15) is 28.7 Å². The van der Waals surface area contributed by atoms with Gasteiger partial charge in [-0.05, 0) is 29.7 Å². The Bertz CT molecular complexity index is 1890. The van der Waals surface area contributed by atoms with Crippen LogP contribution in [0.5, 0.6) is 0 Å². The number of carbonyl (C=O) groups is 2. The Hall–Kier alpha value is -4.94. The number of ether oxygens (including phenoxy) is 2. The van der Waals surface area contributed by atoms with E-state index in [0.29, 0.717) is 5.56 Å². The zero-order chi connectivity index (χ0) is 33.4. The van der Waals surface area contributed by atoms with Crippen molar-refractivity contribution >= 4 is 36.6 Å². The Morgan fingerprint density at radius 2 is 1.53 bits per heavy atom. The Labute approximate surface area is 269 Å². The summed E-state index contributed by atoms with van der Waals surface area (Å²) in [4.78, 5) is 68.9. The molecule has 3 aromatic carbocycles. The van der Waals surface area contributed by atoms with Gasteiger partial charge in [-0.2, -0.15) is 4.98 Å². The summed E-state index contributed by atoms with van der Waals surface area (Å²) in [5.74, 6) is -1.17. The molecule has 2 aromatic heterocycles. The topological polar surface area (TPSA) is 186 Å². The smallest absolute Gasteiger partial charge is 0.338 e. The standard InChI is InChI=1S/C33H34N5O8P/c1-23(39)35-32-36-29-28(30(40)37-32)34-21-38(29)22-45-27(17-18-47(42,43)44)33(19-24-11-5-2-6-12-24,20-25-13-7-3-8-14-25)46-31(41)26-15-9-4-10-16-26/h2-16,21,27H,17-20,22H2,1H3,(H2,42,43,44)(H2,35,36,37,39,40)/t27-/m1/s1. The van der Waals surface area contributed by atoms with E-state index < -0.39 is 42.9 Å². The number of rotatable bonds is 14. The first kappa shape index (κ1) is 33.4. The van der Waals surface area contributed by atoms with Crippen molar-refractivity contribution in [1.82, 2.24) is 19.5 Å². The third-order valence-corrected chi connectivity index (χ3v) is 8.29. The van der Waals surface area contributed by atoms with Gasteiger partial charge in [0, 0.05) is 19.8 Å². The summed E-state index contributed by atoms with van der Waals surface area (Å²) in [5, 5.41) is 2.44. The predicted molar refractivity (Wildman–Crippen MR) is 174 cm³/mol. The molecule has 0 saturated heterocycles. The monoisotopic (exact) mass is 659 g/mol. The predicted octanol–water partition coefficient (Wildman–Crippen LogP) is 4.07. The molecule has 1 atom stereocenters. The summed E-state index contributed by atoms with van der Waals surface area (Å²) in [5.41, 5.74) is -0.0799. The lowest BCUT2D eigenvalue weighted by atomic mass is 9.81. The van der Waals surface area contributed by atoms with Crippen LogP contribution in [0.15, 0.2) is 102 Å². The largest absolute Gasteiger partial charge is 0.452 e. The first-order valence-electron chi connectivity index (χ1n) is 14.8. The van der Waals surface area contributed by atoms with E-state index in [2.05, 4.69) is 20.3 Å². The van der Waals surface area contributed by atoms with Crippen molar-refractivity contribution in [3.05, 3.63) is 124 Å². The Kier molecular flexibility index (Phi) is 10.4. The molecule has 14 heteroatoms. The molecule has 47 heavy (non-hydrogen) atoms. The van der Waals surface area contributed by atoms with Crippen molar-refractivity contribution in [2.75, 3.05) is 11.5 Å². The van der Waals surface area contributed by atoms with Gasteiger partial charge in [-0.1, -0.05) is 78.9 Å². The molecule has 5 rings (SSSR count). The van der Waals surface area contributed by atoms with Gasteiger partial charge in [0.1, 0.15) is 18.4 Å². The molecule has 0 fully saturated rings. The summed E-state index contributed by atoms with van der Waals surface area (Å²) < 4.78 is 26.6. The number of nitrogens with one attached hydrogen (secondary N) is 2. The lowest BCUT2D eigenvalue weighted by Crippen LogP contribution is -2.52. The van der Waals surface area contributed by atoms with Crippen molar-refractivity contribution in [2.24, 2.45) is 0 Å². The van der Waals surface area contributed by atoms with Gasteiger partial charge in [0.05, 0.1) is 18.1 Å². The second kappa shape index (κ2) is 14.7. The molecular formula is C33H34N5O8P. The first-order chi connectivity index (χ1) is 22.5. The fourth-order valence-electron chi connectivity index (χ4n) is 5.36. The number of fused-ring (bicyclic) bond motifs is 1. The molecule has 0 spiro atoms. The normalized spacial score (nSPS) is 12.5. The summed E-state index contributed by atoms with van der Waals surface area (Å²) >= 11 is 0. The SMILES string of the molecule is CC(=O)Nc1nc2c(ncn2CO[C@H](CCP(=O)(O)O)C(Cc2ccccc2)(Cc2ccccc2)OC(=O)c2ccccc2)c(=O)[nH]1. The van der Waals surface area contributed by atoms with Crippen LogP contribution >= 0.6 is 7.60 Å². The number of aromatic amines is 1. The number of benzene rings is 3. The van der Waals surface area contributed by atoms with Crippen LogP contribution in [0.1, 0.15) is 34.8 Å². The Morgan fingerprint density at radius 1 is 0.957 bits per heavy atom. The molecule has 0 aliphatic carbocycles. The number of anilines is 1. The third-order valence-electron chi connectivity index (χ3n) is 7.45. The number of nitrogens with zero attached hydrogens (tertiary/aromatic N) is 3. The van der Waals surface area contributed by atoms with Crippen LogP contribution < -0.4 is 10.9 Å². The summed E-state index contributed by atoms with van der Waals surface area (Å²) in [6.07, 6.45) is -0.218. The molecule has 0 aliphatic rings. The van der Waals surface area contributed by atoms with Crippen LogP contribution in [-0.4, -0.2) is 59.0 Å².